The monoisotopic (exact) mass is 211 g/mol. The minimum atomic E-state index is -0.948. The first-order chi connectivity index (χ1) is 6.66. The second-order valence-electron chi connectivity index (χ2n) is 3.41. The van der Waals surface area contributed by atoms with Crippen LogP contribution in [-0.4, -0.2) is 17.1 Å². The first kappa shape index (κ1) is 9.34. The van der Waals surface area contributed by atoms with Crippen molar-refractivity contribution in [3.8, 4) is 0 Å². The molecule has 74 valence electrons. The second kappa shape index (κ2) is 3.50. The Labute approximate surface area is 86.7 Å². The number of carbonyl (C=O) groups is 1. The molecule has 14 heavy (non-hydrogen) atoms. The summed E-state index contributed by atoms with van der Waals surface area (Å²) in [6.07, 6.45) is 2.23. The molecule has 0 atom stereocenters. The SMILES string of the molecule is O=C(O)c1cc(Cl)ccc1NC1CC1. The number of hydrogen-bond acceptors (Lipinski definition) is 2. The molecule has 0 aromatic heterocycles. The lowest BCUT2D eigenvalue weighted by Gasteiger charge is -2.08. The van der Waals surface area contributed by atoms with Crippen LogP contribution >= 0.6 is 11.6 Å². The topological polar surface area (TPSA) is 49.3 Å². The van der Waals surface area contributed by atoms with Gasteiger partial charge in [-0.05, 0) is 31.0 Å². The van der Waals surface area contributed by atoms with E-state index in [1.54, 1.807) is 12.1 Å². The van der Waals surface area contributed by atoms with E-state index < -0.39 is 5.97 Å². The summed E-state index contributed by atoms with van der Waals surface area (Å²) in [7, 11) is 0. The summed E-state index contributed by atoms with van der Waals surface area (Å²) in [5.41, 5.74) is 0.897. The maximum atomic E-state index is 10.9. The Kier molecular flexibility index (Phi) is 2.33. The first-order valence-corrected chi connectivity index (χ1v) is 4.84. The van der Waals surface area contributed by atoms with Crippen LogP contribution in [0.15, 0.2) is 18.2 Å². The van der Waals surface area contributed by atoms with E-state index in [9.17, 15) is 4.79 Å². The van der Waals surface area contributed by atoms with Crippen molar-refractivity contribution in [2.75, 3.05) is 5.32 Å². The third-order valence-electron chi connectivity index (χ3n) is 2.15. The third-order valence-corrected chi connectivity index (χ3v) is 2.38. The van der Waals surface area contributed by atoms with Crippen LogP contribution in [-0.2, 0) is 0 Å². The average molecular weight is 212 g/mol. The van der Waals surface area contributed by atoms with Crippen molar-refractivity contribution < 1.29 is 9.90 Å². The smallest absolute Gasteiger partial charge is 0.337 e. The minimum Gasteiger partial charge on any atom is -0.478 e. The van der Waals surface area contributed by atoms with Crippen molar-refractivity contribution in [1.82, 2.24) is 0 Å². The largest absolute Gasteiger partial charge is 0.478 e. The molecule has 2 N–H and O–H groups in total. The van der Waals surface area contributed by atoms with Gasteiger partial charge < -0.3 is 10.4 Å². The molecule has 0 radical (unpaired) electrons. The molecule has 1 aromatic carbocycles. The first-order valence-electron chi connectivity index (χ1n) is 4.46. The van der Waals surface area contributed by atoms with Crippen LogP contribution in [0.3, 0.4) is 0 Å². The lowest BCUT2D eigenvalue weighted by molar-refractivity contribution is 0.0698. The van der Waals surface area contributed by atoms with E-state index in [1.807, 2.05) is 0 Å². The summed E-state index contributed by atoms with van der Waals surface area (Å²) in [5, 5.41) is 12.5. The average Bonchev–Trinajstić information content (AvgIpc) is 2.91. The van der Waals surface area contributed by atoms with E-state index in [0.717, 1.165) is 12.8 Å². The van der Waals surface area contributed by atoms with Crippen molar-refractivity contribution in [3.05, 3.63) is 28.8 Å². The van der Waals surface area contributed by atoms with Gasteiger partial charge >= 0.3 is 5.97 Å². The number of halogens is 1. The fourth-order valence-corrected chi connectivity index (χ4v) is 1.44. The summed E-state index contributed by atoms with van der Waals surface area (Å²) in [4.78, 5) is 10.9. The van der Waals surface area contributed by atoms with Gasteiger partial charge in [0.2, 0.25) is 0 Å². The van der Waals surface area contributed by atoms with Gasteiger partial charge in [-0.15, -0.1) is 0 Å². The molecule has 3 nitrogen and oxygen atoms in total. The van der Waals surface area contributed by atoms with Crippen molar-refractivity contribution >= 4 is 23.3 Å². The van der Waals surface area contributed by atoms with Crippen molar-refractivity contribution in [3.63, 3.8) is 0 Å². The summed E-state index contributed by atoms with van der Waals surface area (Å²) in [5.74, 6) is -0.948. The van der Waals surface area contributed by atoms with Gasteiger partial charge in [-0.3, -0.25) is 0 Å². The highest BCUT2D eigenvalue weighted by Gasteiger charge is 2.23. The summed E-state index contributed by atoms with van der Waals surface area (Å²) in [6, 6.07) is 5.31. The number of carboxylic acid groups (broad SMARTS) is 1. The zero-order valence-electron chi connectivity index (χ0n) is 7.46. The fraction of sp³-hybridized carbons (Fsp3) is 0.300. The van der Waals surface area contributed by atoms with E-state index in [4.69, 9.17) is 16.7 Å². The van der Waals surface area contributed by atoms with E-state index in [0.29, 0.717) is 16.8 Å². The quantitative estimate of drug-likeness (QED) is 0.808. The fourth-order valence-electron chi connectivity index (χ4n) is 1.27. The number of aromatic carboxylic acids is 1. The molecule has 1 aromatic rings. The van der Waals surface area contributed by atoms with E-state index in [2.05, 4.69) is 5.32 Å². The Bertz CT molecular complexity index is 374. The number of benzene rings is 1. The van der Waals surface area contributed by atoms with Crippen LogP contribution < -0.4 is 5.32 Å². The summed E-state index contributed by atoms with van der Waals surface area (Å²) >= 11 is 5.72. The molecule has 2 rings (SSSR count). The third kappa shape index (κ3) is 1.99. The van der Waals surface area contributed by atoms with Gasteiger partial charge in [0, 0.05) is 16.8 Å². The molecule has 4 heteroatoms. The van der Waals surface area contributed by atoms with Crippen molar-refractivity contribution in [2.45, 2.75) is 18.9 Å². The molecule has 1 aliphatic carbocycles. The Hall–Kier alpha value is -1.22. The Morgan fingerprint density at radius 2 is 2.21 bits per heavy atom. The van der Waals surface area contributed by atoms with Crippen molar-refractivity contribution in [1.29, 1.82) is 0 Å². The predicted molar refractivity (Wildman–Crippen MR) is 55.1 cm³/mol. The number of rotatable bonds is 3. The van der Waals surface area contributed by atoms with E-state index in [1.165, 1.54) is 6.07 Å². The maximum absolute atomic E-state index is 10.9. The molecule has 0 aliphatic heterocycles. The number of nitrogens with one attached hydrogen (secondary N) is 1. The minimum absolute atomic E-state index is 0.240. The second-order valence-corrected chi connectivity index (χ2v) is 3.85. The van der Waals surface area contributed by atoms with Gasteiger partial charge in [-0.2, -0.15) is 0 Å². The molecular formula is C10H10ClNO2. The summed E-state index contributed by atoms with van der Waals surface area (Å²) < 4.78 is 0. The standard InChI is InChI=1S/C10H10ClNO2/c11-6-1-4-9(12-7-2-3-7)8(5-6)10(13)14/h1,4-5,7,12H,2-3H2,(H,13,14). The molecule has 0 spiro atoms. The van der Waals surface area contributed by atoms with Crippen molar-refractivity contribution in [2.24, 2.45) is 0 Å². The maximum Gasteiger partial charge on any atom is 0.337 e. The molecule has 0 saturated heterocycles. The molecule has 1 aliphatic rings. The van der Waals surface area contributed by atoms with Gasteiger partial charge in [0.05, 0.1) is 5.56 Å². The highest BCUT2D eigenvalue weighted by Crippen LogP contribution is 2.28. The normalized spacial score (nSPS) is 15.2. The number of carboxylic acids is 1. The predicted octanol–water partition coefficient (Wildman–Crippen LogP) is 2.61. The Morgan fingerprint density at radius 1 is 1.50 bits per heavy atom. The highest BCUT2D eigenvalue weighted by molar-refractivity contribution is 6.31. The molecule has 0 unspecified atom stereocenters. The van der Waals surface area contributed by atoms with Gasteiger partial charge in [0.1, 0.15) is 0 Å². The van der Waals surface area contributed by atoms with E-state index >= 15 is 0 Å². The van der Waals surface area contributed by atoms with Gasteiger partial charge in [-0.25, -0.2) is 4.79 Å². The molecule has 0 heterocycles. The Morgan fingerprint density at radius 3 is 2.79 bits per heavy atom. The van der Waals surface area contributed by atoms with Crippen LogP contribution in [0.4, 0.5) is 5.69 Å². The van der Waals surface area contributed by atoms with E-state index in [-0.39, 0.29) is 5.56 Å². The molecule has 1 fully saturated rings. The zero-order valence-corrected chi connectivity index (χ0v) is 8.21. The van der Waals surface area contributed by atoms with Crippen LogP contribution in [0, 0.1) is 0 Å². The zero-order chi connectivity index (χ0) is 10.1. The molecule has 0 amide bonds. The number of anilines is 1. The lowest BCUT2D eigenvalue weighted by atomic mass is 10.2. The van der Waals surface area contributed by atoms with Crippen LogP contribution in [0.2, 0.25) is 5.02 Å². The number of hydrogen-bond donors (Lipinski definition) is 2. The van der Waals surface area contributed by atoms with Gasteiger partial charge in [-0.1, -0.05) is 11.6 Å². The molecule has 0 bridgehead atoms. The van der Waals surface area contributed by atoms with Crippen LogP contribution in [0.25, 0.3) is 0 Å². The van der Waals surface area contributed by atoms with Gasteiger partial charge in [0.15, 0.2) is 0 Å². The summed E-state index contributed by atoms with van der Waals surface area (Å²) in [6.45, 7) is 0. The molecule has 1 saturated carbocycles. The molecular weight excluding hydrogens is 202 g/mol. The van der Waals surface area contributed by atoms with Crippen LogP contribution in [0.5, 0.6) is 0 Å². The van der Waals surface area contributed by atoms with Crippen LogP contribution in [0.1, 0.15) is 23.2 Å². The Balaban J connectivity index is 2.31. The lowest BCUT2D eigenvalue weighted by Crippen LogP contribution is -2.07. The van der Waals surface area contributed by atoms with Gasteiger partial charge in [0.25, 0.3) is 0 Å². The highest BCUT2D eigenvalue weighted by atomic mass is 35.5.